The third-order valence-corrected chi connectivity index (χ3v) is 6.43. The second kappa shape index (κ2) is 11.1. The molecule has 188 valence electrons. The van der Waals surface area contributed by atoms with E-state index in [1.54, 1.807) is 16.7 Å². The highest BCUT2D eigenvalue weighted by Crippen LogP contribution is 2.27. The molecule has 0 atom stereocenters. The van der Waals surface area contributed by atoms with Crippen molar-refractivity contribution in [1.29, 1.82) is 0 Å². The minimum absolute atomic E-state index is 0.0413. The maximum Gasteiger partial charge on any atom is 0.270 e. The minimum Gasteiger partial charge on any atom is -0.345 e. The van der Waals surface area contributed by atoms with Gasteiger partial charge in [-0.15, -0.1) is 10.2 Å². The van der Waals surface area contributed by atoms with Crippen LogP contribution in [0.2, 0.25) is 5.02 Å². The number of rotatable bonds is 9. The number of carbonyl (C=O) groups is 1. The van der Waals surface area contributed by atoms with Gasteiger partial charge in [0.25, 0.3) is 17.3 Å². The molecule has 0 saturated heterocycles. The number of halogens is 2. The van der Waals surface area contributed by atoms with Crippen LogP contribution in [-0.2, 0) is 12.3 Å². The maximum atomic E-state index is 13.2. The molecule has 0 unspecified atom stereocenters. The van der Waals surface area contributed by atoms with Gasteiger partial charge in [0.2, 0.25) is 0 Å². The number of carbonyl (C=O) groups excluding carboxylic acids is 1. The Kier molecular flexibility index (Phi) is 7.74. The van der Waals surface area contributed by atoms with Gasteiger partial charge in [-0.2, -0.15) is 0 Å². The van der Waals surface area contributed by atoms with Crippen LogP contribution in [0.4, 0.5) is 15.8 Å². The highest BCUT2D eigenvalue weighted by atomic mass is 35.5. The first-order chi connectivity index (χ1) is 17.7. The molecule has 0 aliphatic heterocycles. The van der Waals surface area contributed by atoms with E-state index >= 15 is 0 Å². The minimum atomic E-state index is -0.620. The SMILES string of the molecule is O=C(NCc1nnc(SCc2ccc(F)cc2)n1-c1ccc([N+](=O)[O-])cc1)c1ccc([N+](=O)[O-])cc1Cl. The van der Waals surface area contributed by atoms with Crippen molar-refractivity contribution in [2.24, 2.45) is 0 Å². The normalized spacial score (nSPS) is 10.8. The van der Waals surface area contributed by atoms with E-state index < -0.39 is 15.8 Å². The fourth-order valence-corrected chi connectivity index (χ4v) is 4.46. The van der Waals surface area contributed by atoms with Gasteiger partial charge >= 0.3 is 0 Å². The molecule has 1 N–H and O–H groups in total. The quantitative estimate of drug-likeness (QED) is 0.174. The lowest BCUT2D eigenvalue weighted by molar-refractivity contribution is -0.385. The maximum absolute atomic E-state index is 13.2. The Morgan fingerprint density at radius 2 is 1.62 bits per heavy atom. The average molecular weight is 543 g/mol. The number of aromatic nitrogens is 3. The first-order valence-electron chi connectivity index (χ1n) is 10.5. The zero-order valence-electron chi connectivity index (χ0n) is 18.7. The van der Waals surface area contributed by atoms with Crippen molar-refractivity contribution in [2.45, 2.75) is 17.5 Å². The standard InChI is InChI=1S/C23H16ClFN6O5S/c24-20-11-18(31(35)36)9-10-19(20)22(32)26-12-21-27-28-23(37-13-14-1-3-15(25)4-2-14)29(21)16-5-7-17(8-6-16)30(33)34/h1-11H,12-13H2,(H,26,32). The van der Waals surface area contributed by atoms with E-state index in [-0.39, 0.29) is 34.3 Å². The topological polar surface area (TPSA) is 146 Å². The van der Waals surface area contributed by atoms with Crippen LogP contribution in [0.1, 0.15) is 21.7 Å². The summed E-state index contributed by atoms with van der Waals surface area (Å²) in [5.74, 6) is -0.176. The van der Waals surface area contributed by atoms with Crippen LogP contribution in [0, 0.1) is 26.0 Å². The third-order valence-electron chi connectivity index (χ3n) is 5.12. The van der Waals surface area contributed by atoms with E-state index in [1.165, 1.54) is 60.3 Å². The fourth-order valence-electron chi connectivity index (χ4n) is 3.28. The molecular weight excluding hydrogens is 527 g/mol. The number of nitrogens with one attached hydrogen (secondary N) is 1. The van der Waals surface area contributed by atoms with Gasteiger partial charge in [0.1, 0.15) is 5.82 Å². The summed E-state index contributed by atoms with van der Waals surface area (Å²) in [6.07, 6.45) is 0. The van der Waals surface area contributed by atoms with Crippen LogP contribution in [0.5, 0.6) is 0 Å². The van der Waals surface area contributed by atoms with Crippen LogP contribution in [0.25, 0.3) is 5.69 Å². The van der Waals surface area contributed by atoms with E-state index in [0.29, 0.717) is 22.4 Å². The smallest absolute Gasteiger partial charge is 0.270 e. The average Bonchev–Trinajstić information content (AvgIpc) is 3.29. The number of nitro benzene ring substituents is 2. The van der Waals surface area contributed by atoms with Crippen LogP contribution in [0.15, 0.2) is 71.9 Å². The van der Waals surface area contributed by atoms with Gasteiger partial charge in [0.15, 0.2) is 11.0 Å². The highest BCUT2D eigenvalue weighted by molar-refractivity contribution is 7.98. The second-order valence-electron chi connectivity index (χ2n) is 7.53. The number of hydrogen-bond donors (Lipinski definition) is 1. The highest BCUT2D eigenvalue weighted by Gasteiger charge is 2.19. The largest absolute Gasteiger partial charge is 0.345 e. The number of amides is 1. The Morgan fingerprint density at radius 3 is 2.24 bits per heavy atom. The summed E-state index contributed by atoms with van der Waals surface area (Å²) in [4.78, 5) is 33.5. The zero-order chi connectivity index (χ0) is 26.5. The van der Waals surface area contributed by atoms with Crippen molar-refractivity contribution in [1.82, 2.24) is 20.1 Å². The monoisotopic (exact) mass is 542 g/mol. The molecule has 1 aromatic heterocycles. The lowest BCUT2D eigenvalue weighted by Crippen LogP contribution is -2.25. The van der Waals surface area contributed by atoms with Gasteiger partial charge in [-0.05, 0) is 35.9 Å². The van der Waals surface area contributed by atoms with E-state index in [9.17, 15) is 29.4 Å². The number of non-ortho nitro benzene ring substituents is 2. The zero-order valence-corrected chi connectivity index (χ0v) is 20.3. The van der Waals surface area contributed by atoms with Gasteiger partial charge in [0.05, 0.1) is 27.0 Å². The molecule has 0 saturated carbocycles. The van der Waals surface area contributed by atoms with Crippen molar-refractivity contribution in [3.8, 4) is 5.69 Å². The van der Waals surface area contributed by atoms with Gasteiger partial charge < -0.3 is 5.32 Å². The van der Waals surface area contributed by atoms with E-state index in [2.05, 4.69) is 15.5 Å². The van der Waals surface area contributed by atoms with E-state index in [0.717, 1.165) is 11.6 Å². The Morgan fingerprint density at radius 1 is 0.973 bits per heavy atom. The Hall–Kier alpha value is -4.36. The van der Waals surface area contributed by atoms with Crippen molar-refractivity contribution in [3.05, 3.63) is 115 Å². The summed E-state index contributed by atoms with van der Waals surface area (Å²) in [6.45, 7) is -0.0900. The molecule has 14 heteroatoms. The fraction of sp³-hybridized carbons (Fsp3) is 0.0870. The van der Waals surface area contributed by atoms with Crippen molar-refractivity contribution in [2.75, 3.05) is 0 Å². The summed E-state index contributed by atoms with van der Waals surface area (Å²) in [5.41, 5.74) is 1.06. The first-order valence-corrected chi connectivity index (χ1v) is 11.9. The third kappa shape index (κ3) is 6.08. The summed E-state index contributed by atoms with van der Waals surface area (Å²) < 4.78 is 14.9. The molecule has 3 aromatic carbocycles. The molecule has 0 fully saturated rings. The van der Waals surface area contributed by atoms with Gasteiger partial charge in [-0.3, -0.25) is 29.6 Å². The molecule has 0 aliphatic rings. The van der Waals surface area contributed by atoms with Crippen molar-refractivity contribution in [3.63, 3.8) is 0 Å². The van der Waals surface area contributed by atoms with Crippen molar-refractivity contribution >= 4 is 40.6 Å². The molecule has 0 spiro atoms. The second-order valence-corrected chi connectivity index (χ2v) is 8.88. The number of nitro groups is 2. The molecule has 4 rings (SSSR count). The van der Waals surface area contributed by atoms with Crippen LogP contribution in [-0.4, -0.2) is 30.5 Å². The molecular formula is C23H16ClFN6O5S. The predicted octanol–water partition coefficient (Wildman–Crippen LogP) is 5.10. The van der Waals surface area contributed by atoms with Crippen LogP contribution >= 0.6 is 23.4 Å². The molecule has 11 nitrogen and oxygen atoms in total. The number of nitrogens with zero attached hydrogens (tertiary/aromatic N) is 5. The number of hydrogen-bond acceptors (Lipinski definition) is 8. The molecule has 37 heavy (non-hydrogen) atoms. The predicted molar refractivity (Wildman–Crippen MR) is 133 cm³/mol. The molecule has 0 bridgehead atoms. The van der Waals surface area contributed by atoms with Crippen molar-refractivity contribution < 1.29 is 19.0 Å². The summed E-state index contributed by atoms with van der Waals surface area (Å²) in [7, 11) is 0. The summed E-state index contributed by atoms with van der Waals surface area (Å²) in [5, 5.41) is 33.3. The van der Waals surface area contributed by atoms with Gasteiger partial charge in [-0.1, -0.05) is 35.5 Å². The molecule has 1 amide bonds. The lowest BCUT2D eigenvalue weighted by atomic mass is 10.2. The number of benzene rings is 3. The first kappa shape index (κ1) is 25.7. The molecule has 0 radical (unpaired) electrons. The Balaban J connectivity index is 1.58. The van der Waals surface area contributed by atoms with E-state index in [4.69, 9.17) is 11.6 Å². The molecule has 0 aliphatic carbocycles. The Labute approximate surface area is 217 Å². The van der Waals surface area contributed by atoms with Gasteiger partial charge in [-0.25, -0.2) is 4.39 Å². The molecule has 1 heterocycles. The summed E-state index contributed by atoms with van der Waals surface area (Å²) in [6, 6.07) is 15.2. The van der Waals surface area contributed by atoms with Gasteiger partial charge in [0, 0.05) is 35.7 Å². The summed E-state index contributed by atoms with van der Waals surface area (Å²) >= 11 is 7.36. The Bertz CT molecular complexity index is 1480. The molecule has 4 aromatic rings. The van der Waals surface area contributed by atoms with Crippen LogP contribution < -0.4 is 5.32 Å². The number of thioether (sulfide) groups is 1. The van der Waals surface area contributed by atoms with Crippen LogP contribution in [0.3, 0.4) is 0 Å². The lowest BCUT2D eigenvalue weighted by Gasteiger charge is -2.11. The van der Waals surface area contributed by atoms with E-state index in [1.807, 2.05) is 0 Å².